The third-order valence-corrected chi connectivity index (χ3v) is 1.38. The fourth-order valence-electron chi connectivity index (χ4n) is 0.905. The predicted octanol–water partition coefficient (Wildman–Crippen LogP) is 1.30. The van der Waals surface area contributed by atoms with Crippen molar-refractivity contribution in [3.63, 3.8) is 0 Å². The molecule has 0 saturated carbocycles. The van der Waals surface area contributed by atoms with Crippen molar-refractivity contribution in [1.29, 1.82) is 0 Å². The Morgan fingerprint density at radius 1 is 1.08 bits per heavy atom. The molecule has 0 aliphatic carbocycles. The Morgan fingerprint density at radius 3 is 2.67 bits per heavy atom. The molecule has 0 saturated heterocycles. The molecule has 0 N–H and O–H groups in total. The van der Waals surface area contributed by atoms with Gasteiger partial charge in [-0.05, 0) is 0 Å². The molecule has 0 aliphatic rings. The highest BCUT2D eigenvalue weighted by atomic mass is 19.1. The molecule has 0 atom stereocenters. The average molecular weight is 167 g/mol. The van der Waals surface area contributed by atoms with E-state index >= 15 is 0 Å². The fraction of sp³-hybridized carbons (Fsp3) is 0. The summed E-state index contributed by atoms with van der Waals surface area (Å²) in [5.41, 5.74) is 0.154. The van der Waals surface area contributed by atoms with E-state index < -0.39 is 11.9 Å². The molecule has 0 bridgehead atoms. The van der Waals surface area contributed by atoms with Gasteiger partial charge in [-0.3, -0.25) is 4.98 Å². The zero-order valence-electron chi connectivity index (χ0n) is 5.83. The Morgan fingerprint density at radius 2 is 1.83 bits per heavy atom. The Balaban J connectivity index is 2.89. The van der Waals surface area contributed by atoms with Gasteiger partial charge in [0.25, 0.3) is 0 Å². The van der Waals surface area contributed by atoms with E-state index in [0.717, 1.165) is 6.07 Å². The summed E-state index contributed by atoms with van der Waals surface area (Å²) in [4.78, 5) is 10.3. The van der Waals surface area contributed by atoms with Crippen LogP contribution in [0, 0.1) is 11.9 Å². The van der Waals surface area contributed by atoms with Gasteiger partial charge in [-0.2, -0.15) is 13.8 Å². The Bertz CT molecular complexity index is 430. The molecule has 2 heterocycles. The van der Waals surface area contributed by atoms with Gasteiger partial charge in [-0.1, -0.05) is 0 Å². The van der Waals surface area contributed by atoms with Gasteiger partial charge in [0.2, 0.25) is 11.9 Å². The van der Waals surface area contributed by atoms with Crippen LogP contribution in [0.15, 0.2) is 18.5 Å². The molecule has 60 valence electrons. The SMILES string of the molecule is Fc1cc2nccnc2c(F)n1. The van der Waals surface area contributed by atoms with E-state index in [1.807, 2.05) is 0 Å². The average Bonchev–Trinajstić information content (AvgIpc) is 2.04. The largest absolute Gasteiger partial charge is 0.253 e. The normalized spacial score (nSPS) is 10.5. The second-order valence-corrected chi connectivity index (χ2v) is 2.16. The quantitative estimate of drug-likeness (QED) is 0.555. The Labute approximate surface area is 66.1 Å². The van der Waals surface area contributed by atoms with E-state index in [0.29, 0.717) is 0 Å². The van der Waals surface area contributed by atoms with Crippen molar-refractivity contribution in [1.82, 2.24) is 15.0 Å². The number of pyridine rings is 1. The maximum absolute atomic E-state index is 12.8. The molecular formula is C7H3F2N3. The molecule has 5 heteroatoms. The highest BCUT2D eigenvalue weighted by Crippen LogP contribution is 2.10. The maximum Gasteiger partial charge on any atom is 0.243 e. The minimum absolute atomic E-state index is 0.0149. The first-order valence-electron chi connectivity index (χ1n) is 3.20. The minimum atomic E-state index is -0.932. The smallest absolute Gasteiger partial charge is 0.243 e. The summed E-state index contributed by atoms with van der Waals surface area (Å²) in [7, 11) is 0. The summed E-state index contributed by atoms with van der Waals surface area (Å²) in [6.07, 6.45) is 2.69. The number of halogens is 2. The van der Waals surface area contributed by atoms with Crippen LogP contribution in [0.25, 0.3) is 11.0 Å². The van der Waals surface area contributed by atoms with E-state index in [-0.39, 0.29) is 11.0 Å². The number of hydrogen-bond acceptors (Lipinski definition) is 3. The van der Waals surface area contributed by atoms with E-state index in [9.17, 15) is 8.78 Å². The van der Waals surface area contributed by atoms with Gasteiger partial charge in [0, 0.05) is 18.5 Å². The molecule has 0 spiro atoms. The second-order valence-electron chi connectivity index (χ2n) is 2.16. The highest BCUT2D eigenvalue weighted by molar-refractivity contribution is 5.72. The van der Waals surface area contributed by atoms with Crippen LogP contribution in [0.4, 0.5) is 8.78 Å². The molecule has 2 aromatic rings. The number of nitrogens with zero attached hydrogens (tertiary/aromatic N) is 3. The van der Waals surface area contributed by atoms with Crippen LogP contribution in [0.5, 0.6) is 0 Å². The van der Waals surface area contributed by atoms with Crippen molar-refractivity contribution in [2.45, 2.75) is 0 Å². The van der Waals surface area contributed by atoms with Crippen LogP contribution < -0.4 is 0 Å². The molecule has 0 unspecified atom stereocenters. The summed E-state index contributed by atoms with van der Waals surface area (Å²) >= 11 is 0. The van der Waals surface area contributed by atoms with Crippen LogP contribution in [0.3, 0.4) is 0 Å². The van der Waals surface area contributed by atoms with Crippen molar-refractivity contribution in [2.75, 3.05) is 0 Å². The maximum atomic E-state index is 12.8. The van der Waals surface area contributed by atoms with Crippen molar-refractivity contribution in [3.8, 4) is 0 Å². The fourth-order valence-corrected chi connectivity index (χ4v) is 0.905. The number of aromatic nitrogens is 3. The molecule has 2 rings (SSSR count). The first kappa shape index (κ1) is 7.02. The number of hydrogen-bond donors (Lipinski definition) is 0. The zero-order valence-corrected chi connectivity index (χ0v) is 5.83. The number of fused-ring (bicyclic) bond motifs is 1. The zero-order chi connectivity index (χ0) is 8.55. The molecule has 0 fully saturated rings. The topological polar surface area (TPSA) is 38.7 Å². The highest BCUT2D eigenvalue weighted by Gasteiger charge is 2.05. The van der Waals surface area contributed by atoms with E-state index in [4.69, 9.17) is 0 Å². The molecular weight excluding hydrogens is 164 g/mol. The van der Waals surface area contributed by atoms with Crippen LogP contribution in [0.2, 0.25) is 0 Å². The third-order valence-electron chi connectivity index (χ3n) is 1.38. The van der Waals surface area contributed by atoms with Gasteiger partial charge < -0.3 is 0 Å². The van der Waals surface area contributed by atoms with E-state index in [1.165, 1.54) is 12.4 Å². The van der Waals surface area contributed by atoms with Gasteiger partial charge in [0.15, 0.2) is 0 Å². The molecule has 12 heavy (non-hydrogen) atoms. The van der Waals surface area contributed by atoms with Crippen LogP contribution in [0.1, 0.15) is 0 Å². The van der Waals surface area contributed by atoms with Crippen molar-refractivity contribution in [2.24, 2.45) is 0 Å². The monoisotopic (exact) mass is 167 g/mol. The standard InChI is InChI=1S/C7H3F2N3/c8-5-3-4-6(7(9)12-5)11-2-1-10-4/h1-3H. The lowest BCUT2D eigenvalue weighted by Gasteiger charge is -1.95. The van der Waals surface area contributed by atoms with Gasteiger partial charge >= 0.3 is 0 Å². The lowest BCUT2D eigenvalue weighted by atomic mass is 10.4. The van der Waals surface area contributed by atoms with Crippen molar-refractivity contribution < 1.29 is 8.78 Å². The summed E-state index contributed by atoms with van der Waals surface area (Å²) in [5, 5.41) is 0. The van der Waals surface area contributed by atoms with Crippen molar-refractivity contribution >= 4 is 11.0 Å². The first-order chi connectivity index (χ1) is 5.77. The number of rotatable bonds is 0. The van der Waals surface area contributed by atoms with E-state index in [1.54, 1.807) is 0 Å². The predicted molar refractivity (Wildman–Crippen MR) is 37.2 cm³/mol. The van der Waals surface area contributed by atoms with Gasteiger partial charge in [0.05, 0.1) is 5.52 Å². The van der Waals surface area contributed by atoms with Gasteiger partial charge in [-0.15, -0.1) is 0 Å². The second kappa shape index (κ2) is 2.44. The van der Waals surface area contributed by atoms with Crippen LogP contribution >= 0.6 is 0 Å². The third kappa shape index (κ3) is 0.990. The summed E-state index contributed by atoms with van der Waals surface area (Å²) in [6.45, 7) is 0. The van der Waals surface area contributed by atoms with E-state index in [2.05, 4.69) is 15.0 Å². The molecule has 0 radical (unpaired) electrons. The lowest BCUT2D eigenvalue weighted by molar-refractivity contribution is 0.520. The molecule has 0 aliphatic heterocycles. The first-order valence-corrected chi connectivity index (χ1v) is 3.20. The molecule has 2 aromatic heterocycles. The molecule has 3 nitrogen and oxygen atoms in total. The lowest BCUT2D eigenvalue weighted by Crippen LogP contribution is -1.93. The summed E-state index contributed by atoms with van der Waals surface area (Å²) in [6, 6.07) is 1.03. The summed E-state index contributed by atoms with van der Waals surface area (Å²) < 4.78 is 25.3. The summed E-state index contributed by atoms with van der Waals surface area (Å²) in [5.74, 6) is -1.82. The Kier molecular flexibility index (Phi) is 1.43. The molecule has 0 amide bonds. The Hall–Kier alpha value is -1.65. The molecule has 0 aromatic carbocycles. The van der Waals surface area contributed by atoms with Gasteiger partial charge in [0.1, 0.15) is 5.52 Å². The van der Waals surface area contributed by atoms with Gasteiger partial charge in [-0.25, -0.2) is 4.98 Å². The van der Waals surface area contributed by atoms with Crippen molar-refractivity contribution in [3.05, 3.63) is 30.4 Å². The minimum Gasteiger partial charge on any atom is -0.253 e. The van der Waals surface area contributed by atoms with Crippen LogP contribution in [-0.4, -0.2) is 15.0 Å². The van der Waals surface area contributed by atoms with Crippen LogP contribution in [-0.2, 0) is 0 Å².